The molecule has 2 aliphatic rings. The molecule has 18 heteroatoms. The highest BCUT2D eigenvalue weighted by molar-refractivity contribution is 5.79. The SMILES string of the molecule is CC(C)C[C@H](CC(=O)O[C@@H]1O[C@H](CO)[C@@H](O)[C@H](O)[C@H]1NC(C)C)C(=O)O.CC(C)C[C@H](CC(=O)O[C@H]1O[C@H](CO)[C@@H](O)[C@H](O)[C@H]1NC(C)C)C(=O)O. The lowest BCUT2D eigenvalue weighted by Crippen LogP contribution is -2.65. The van der Waals surface area contributed by atoms with Gasteiger partial charge in [0.25, 0.3) is 0 Å². The molecular weight excluding hydrogens is 692 g/mol. The highest BCUT2D eigenvalue weighted by Gasteiger charge is 2.47. The first-order chi connectivity index (χ1) is 24.1. The Kier molecular flexibility index (Phi) is 20.7. The first-order valence-corrected chi connectivity index (χ1v) is 17.7. The van der Waals surface area contributed by atoms with Crippen molar-refractivity contribution in [3.05, 3.63) is 0 Å². The number of aliphatic hydroxyl groups excluding tert-OH is 6. The van der Waals surface area contributed by atoms with Gasteiger partial charge < -0.3 is 70.4 Å². The molecule has 0 amide bonds. The van der Waals surface area contributed by atoms with Gasteiger partial charge in [0.05, 0.1) is 50.0 Å². The minimum Gasteiger partial charge on any atom is -0.481 e. The number of hydrogen-bond acceptors (Lipinski definition) is 16. The van der Waals surface area contributed by atoms with Gasteiger partial charge in [-0.2, -0.15) is 0 Å². The molecule has 0 saturated carbocycles. The summed E-state index contributed by atoms with van der Waals surface area (Å²) < 4.78 is 21.3. The number of nitrogens with one attached hydrogen (secondary N) is 2. The van der Waals surface area contributed by atoms with Gasteiger partial charge in [-0.05, 0) is 24.7 Å². The van der Waals surface area contributed by atoms with Crippen LogP contribution < -0.4 is 10.6 Å². The molecule has 2 rings (SSSR count). The summed E-state index contributed by atoms with van der Waals surface area (Å²) in [6, 6.07) is -2.04. The van der Waals surface area contributed by atoms with Gasteiger partial charge in [-0.25, -0.2) is 0 Å². The van der Waals surface area contributed by atoms with Crippen LogP contribution in [-0.2, 0) is 38.1 Å². The molecule has 0 unspecified atom stereocenters. The van der Waals surface area contributed by atoms with Crippen LogP contribution in [0, 0.1) is 23.7 Å². The lowest BCUT2D eigenvalue weighted by molar-refractivity contribution is -0.265. The third kappa shape index (κ3) is 15.5. The predicted octanol–water partition coefficient (Wildman–Crippen LogP) is -1.06. The molecule has 2 saturated heterocycles. The van der Waals surface area contributed by atoms with E-state index >= 15 is 0 Å². The molecule has 12 atom stereocenters. The van der Waals surface area contributed by atoms with Crippen LogP contribution in [0.1, 0.15) is 81.1 Å². The van der Waals surface area contributed by atoms with Crippen molar-refractivity contribution in [1.29, 1.82) is 0 Å². The topological polar surface area (TPSA) is 291 Å². The summed E-state index contributed by atoms with van der Waals surface area (Å²) in [5.74, 6) is -5.29. The third-order valence-electron chi connectivity index (χ3n) is 8.34. The van der Waals surface area contributed by atoms with E-state index in [4.69, 9.17) is 18.9 Å². The monoisotopic (exact) mass is 754 g/mol. The van der Waals surface area contributed by atoms with Gasteiger partial charge in [-0.15, -0.1) is 0 Å². The zero-order valence-electron chi connectivity index (χ0n) is 31.3. The molecule has 0 aromatic heterocycles. The van der Waals surface area contributed by atoms with Gasteiger partial charge in [-0.3, -0.25) is 19.2 Å². The number of aliphatic carboxylic acids is 2. The molecule has 0 spiro atoms. The summed E-state index contributed by atoms with van der Waals surface area (Å²) in [4.78, 5) is 47.1. The molecule has 0 radical (unpaired) electrons. The number of hydrogen-bond donors (Lipinski definition) is 10. The Hall–Kier alpha value is -2.52. The lowest BCUT2D eigenvalue weighted by Gasteiger charge is -2.42. The van der Waals surface area contributed by atoms with E-state index in [0.29, 0.717) is 12.8 Å². The second-order valence-corrected chi connectivity index (χ2v) is 14.8. The number of carbonyl (C=O) groups is 4. The summed E-state index contributed by atoms with van der Waals surface area (Å²) in [5.41, 5.74) is 0. The van der Waals surface area contributed by atoms with Gasteiger partial charge in [0.15, 0.2) is 0 Å². The molecule has 0 bridgehead atoms. The van der Waals surface area contributed by atoms with E-state index in [2.05, 4.69) is 10.6 Å². The average Bonchev–Trinajstić information content (AvgIpc) is 3.03. The molecule has 10 N–H and O–H groups in total. The van der Waals surface area contributed by atoms with Crippen molar-refractivity contribution in [2.75, 3.05) is 13.2 Å². The van der Waals surface area contributed by atoms with Crippen molar-refractivity contribution in [2.24, 2.45) is 23.7 Å². The molecule has 52 heavy (non-hydrogen) atoms. The van der Waals surface area contributed by atoms with Gasteiger partial charge in [0.1, 0.15) is 36.6 Å². The smallest absolute Gasteiger partial charge is 0.309 e. The predicted molar refractivity (Wildman–Crippen MR) is 182 cm³/mol. The van der Waals surface area contributed by atoms with E-state index in [1.54, 1.807) is 27.7 Å². The van der Waals surface area contributed by atoms with E-state index in [0.717, 1.165) is 0 Å². The maximum atomic E-state index is 12.2. The Labute approximate surface area is 304 Å². The Morgan fingerprint density at radius 3 is 1.12 bits per heavy atom. The van der Waals surface area contributed by atoms with Gasteiger partial charge in [-0.1, -0.05) is 55.4 Å². The average molecular weight is 755 g/mol. The Morgan fingerprint density at radius 1 is 0.577 bits per heavy atom. The fourth-order valence-electron chi connectivity index (χ4n) is 5.93. The first kappa shape index (κ1) is 47.5. The Bertz CT molecular complexity index is 1020. The van der Waals surface area contributed by atoms with Crippen LogP contribution in [0.15, 0.2) is 0 Å². The highest BCUT2D eigenvalue weighted by atomic mass is 16.7. The molecular formula is C34H62N2O16. The number of carboxylic acids is 2. The van der Waals surface area contributed by atoms with Crippen molar-refractivity contribution in [3.63, 3.8) is 0 Å². The quantitative estimate of drug-likeness (QED) is 0.0747. The van der Waals surface area contributed by atoms with Crippen LogP contribution in [0.2, 0.25) is 0 Å². The molecule has 0 aromatic rings. The van der Waals surface area contributed by atoms with Crippen LogP contribution in [0.3, 0.4) is 0 Å². The standard InChI is InChI=1S/2C17H31NO8/c2*1-8(2)5-10(16(23)24)6-12(20)26-17-13(18-9(3)4)15(22)14(21)11(7-19)25-17/h2*8-11,13-15,17-19,21-22H,5-7H2,1-4H3,(H,23,24)/t10-,11-,13-,14-,15-,17+;10-,11-,13-,14-,15-,17-/m11/s1. The maximum absolute atomic E-state index is 12.2. The van der Waals surface area contributed by atoms with E-state index < -0.39 is 110 Å². The largest absolute Gasteiger partial charge is 0.481 e. The van der Waals surface area contributed by atoms with E-state index in [1.807, 2.05) is 27.7 Å². The van der Waals surface area contributed by atoms with Gasteiger partial charge in [0, 0.05) is 12.1 Å². The third-order valence-corrected chi connectivity index (χ3v) is 8.34. The molecule has 2 fully saturated rings. The molecule has 2 heterocycles. The van der Waals surface area contributed by atoms with E-state index in [9.17, 15) is 60.0 Å². The molecule has 304 valence electrons. The Morgan fingerprint density at radius 2 is 0.885 bits per heavy atom. The summed E-state index contributed by atoms with van der Waals surface area (Å²) >= 11 is 0. The summed E-state index contributed by atoms with van der Waals surface area (Å²) in [5, 5.41) is 83.5. The van der Waals surface area contributed by atoms with Crippen LogP contribution in [0.5, 0.6) is 0 Å². The van der Waals surface area contributed by atoms with E-state index in [1.165, 1.54) is 0 Å². The lowest BCUT2D eigenvalue weighted by atomic mass is 9.94. The van der Waals surface area contributed by atoms with E-state index in [-0.39, 0.29) is 36.8 Å². The zero-order valence-corrected chi connectivity index (χ0v) is 31.3. The zero-order chi connectivity index (χ0) is 40.0. The normalized spacial score (nSPS) is 30.4. The fraction of sp³-hybridized carbons (Fsp3) is 0.882. The first-order valence-electron chi connectivity index (χ1n) is 17.7. The van der Waals surface area contributed by atoms with Crippen molar-refractivity contribution in [1.82, 2.24) is 10.6 Å². The minimum atomic E-state index is -1.35. The van der Waals surface area contributed by atoms with Crippen molar-refractivity contribution < 1.29 is 79.0 Å². The molecule has 0 aliphatic carbocycles. The molecule has 0 aromatic carbocycles. The number of rotatable bonds is 18. The molecule has 2 aliphatic heterocycles. The van der Waals surface area contributed by atoms with Crippen LogP contribution in [0.4, 0.5) is 0 Å². The number of carboxylic acid groups (broad SMARTS) is 2. The molecule has 18 nitrogen and oxygen atoms in total. The number of ether oxygens (including phenoxy) is 4. The highest BCUT2D eigenvalue weighted by Crippen LogP contribution is 2.26. The van der Waals surface area contributed by atoms with Crippen LogP contribution in [-0.4, -0.2) is 151 Å². The number of aliphatic hydroxyl groups is 6. The van der Waals surface area contributed by atoms with Crippen molar-refractivity contribution in [3.8, 4) is 0 Å². The fourth-order valence-corrected chi connectivity index (χ4v) is 5.93. The number of carbonyl (C=O) groups excluding carboxylic acids is 2. The second-order valence-electron chi connectivity index (χ2n) is 14.8. The van der Waals surface area contributed by atoms with Gasteiger partial charge in [0.2, 0.25) is 12.6 Å². The van der Waals surface area contributed by atoms with Crippen molar-refractivity contribution in [2.45, 2.75) is 154 Å². The Balaban J connectivity index is 0.000000520. The maximum Gasteiger partial charge on any atom is 0.309 e. The summed E-state index contributed by atoms with van der Waals surface area (Å²) in [7, 11) is 0. The van der Waals surface area contributed by atoms with Gasteiger partial charge >= 0.3 is 23.9 Å². The van der Waals surface area contributed by atoms with Crippen LogP contribution >= 0.6 is 0 Å². The number of esters is 2. The van der Waals surface area contributed by atoms with Crippen molar-refractivity contribution >= 4 is 23.9 Å². The van der Waals surface area contributed by atoms with Crippen LogP contribution in [0.25, 0.3) is 0 Å². The minimum absolute atomic E-state index is 0.0981. The summed E-state index contributed by atoms with van der Waals surface area (Å²) in [6.45, 7) is 13.5. The summed E-state index contributed by atoms with van der Waals surface area (Å²) in [6.07, 6.45) is -10.1. The second kappa shape index (κ2) is 22.6.